The Morgan fingerprint density at radius 3 is 2.07 bits per heavy atom. The summed E-state index contributed by atoms with van der Waals surface area (Å²) in [6, 6.07) is 0. The number of carbonyl (C=O) groups is 1. The number of methoxy groups -OCH3 is 1. The van der Waals surface area contributed by atoms with Gasteiger partial charge in [0.2, 0.25) is 0 Å². The number of aldehydes is 1. The summed E-state index contributed by atoms with van der Waals surface area (Å²) < 4.78 is 5.04. The molecule has 1 N–H and O–H groups in total. The van der Waals surface area contributed by atoms with E-state index in [4.69, 9.17) is 4.74 Å². The van der Waals surface area contributed by atoms with Crippen LogP contribution in [0, 0.1) is 10.8 Å². The van der Waals surface area contributed by atoms with Crippen LogP contribution in [0.5, 0.6) is 0 Å². The summed E-state index contributed by atoms with van der Waals surface area (Å²) in [6.07, 6.45) is 6.06. The van der Waals surface area contributed by atoms with Crippen molar-refractivity contribution in [1.82, 2.24) is 0 Å². The maximum atomic E-state index is 11.0. The fourth-order valence-corrected chi connectivity index (χ4v) is 3.04. The fraction of sp³-hybridized carbons (Fsp3) is 0.909. The number of aliphatic hydroxyl groups is 1. The Kier molecular flexibility index (Phi) is 2.40. The van der Waals surface area contributed by atoms with E-state index in [0.29, 0.717) is 0 Å². The molecule has 0 amide bonds. The first kappa shape index (κ1) is 10.1. The molecular weight excluding hydrogens is 180 g/mol. The molecule has 0 saturated heterocycles. The summed E-state index contributed by atoms with van der Waals surface area (Å²) in [7, 11) is 1.55. The number of aliphatic hydroxyl groups excluding tert-OH is 1. The van der Waals surface area contributed by atoms with E-state index in [-0.39, 0.29) is 10.8 Å². The van der Waals surface area contributed by atoms with E-state index in [2.05, 4.69) is 0 Å². The van der Waals surface area contributed by atoms with Crippen LogP contribution in [-0.4, -0.2) is 24.8 Å². The third kappa shape index (κ3) is 1.30. The highest BCUT2D eigenvalue weighted by Crippen LogP contribution is 2.57. The Bertz CT molecular complexity index is 212. The number of hydrogen-bond acceptors (Lipinski definition) is 3. The normalized spacial score (nSPS) is 43.6. The van der Waals surface area contributed by atoms with Gasteiger partial charge in [-0.25, -0.2) is 0 Å². The smallest absolute Gasteiger partial charge is 0.159 e. The SMILES string of the molecule is COC(O)C12CCC(C=O)(CC1)CC2. The molecule has 1 unspecified atom stereocenters. The second-order valence-electron chi connectivity index (χ2n) is 4.93. The van der Waals surface area contributed by atoms with E-state index in [1.165, 1.54) is 0 Å². The van der Waals surface area contributed by atoms with Crippen LogP contribution in [0.4, 0.5) is 0 Å². The van der Waals surface area contributed by atoms with Gasteiger partial charge in [0.05, 0.1) is 0 Å². The Hall–Kier alpha value is -0.410. The van der Waals surface area contributed by atoms with E-state index in [1.807, 2.05) is 0 Å². The van der Waals surface area contributed by atoms with Gasteiger partial charge < -0.3 is 14.6 Å². The lowest BCUT2D eigenvalue weighted by atomic mass is 9.54. The van der Waals surface area contributed by atoms with Gasteiger partial charge in [-0.15, -0.1) is 0 Å². The zero-order chi connectivity index (χ0) is 10.2. The van der Waals surface area contributed by atoms with E-state index >= 15 is 0 Å². The van der Waals surface area contributed by atoms with Crippen LogP contribution in [0.1, 0.15) is 38.5 Å². The van der Waals surface area contributed by atoms with Gasteiger partial charge in [-0.3, -0.25) is 0 Å². The van der Waals surface area contributed by atoms with E-state index in [1.54, 1.807) is 7.11 Å². The monoisotopic (exact) mass is 198 g/mol. The zero-order valence-corrected chi connectivity index (χ0v) is 8.66. The Morgan fingerprint density at radius 1 is 1.21 bits per heavy atom. The highest BCUT2D eigenvalue weighted by Gasteiger charge is 2.52. The average molecular weight is 198 g/mol. The highest BCUT2D eigenvalue weighted by atomic mass is 16.6. The molecule has 1 atom stereocenters. The molecule has 0 heterocycles. The van der Waals surface area contributed by atoms with Gasteiger partial charge in [-0.1, -0.05) is 0 Å². The first-order valence-electron chi connectivity index (χ1n) is 5.34. The Labute approximate surface area is 84.4 Å². The molecule has 3 heteroatoms. The summed E-state index contributed by atoms with van der Waals surface area (Å²) in [5.41, 5.74) is -0.116. The van der Waals surface area contributed by atoms with Crippen molar-refractivity contribution in [3.8, 4) is 0 Å². The third-order valence-electron chi connectivity index (χ3n) is 4.36. The van der Waals surface area contributed by atoms with Crippen molar-refractivity contribution in [2.24, 2.45) is 10.8 Å². The molecule has 3 aliphatic rings. The van der Waals surface area contributed by atoms with Crippen molar-refractivity contribution in [3.05, 3.63) is 0 Å². The second-order valence-corrected chi connectivity index (χ2v) is 4.93. The number of carbonyl (C=O) groups excluding carboxylic acids is 1. The number of ether oxygens (including phenoxy) is 1. The number of hydrogen-bond donors (Lipinski definition) is 1. The quantitative estimate of drug-likeness (QED) is 0.552. The molecule has 2 bridgehead atoms. The van der Waals surface area contributed by atoms with Crippen LogP contribution in [0.3, 0.4) is 0 Å². The minimum atomic E-state index is -0.646. The van der Waals surface area contributed by atoms with Crippen LogP contribution in [-0.2, 0) is 9.53 Å². The zero-order valence-electron chi connectivity index (χ0n) is 8.66. The summed E-state index contributed by atoms with van der Waals surface area (Å²) in [5.74, 6) is 0. The summed E-state index contributed by atoms with van der Waals surface area (Å²) in [4.78, 5) is 11.0. The minimum absolute atomic E-state index is 0.0560. The third-order valence-corrected chi connectivity index (χ3v) is 4.36. The predicted octanol–water partition coefficient (Wildman–Crippen LogP) is 1.49. The first-order chi connectivity index (χ1) is 6.66. The van der Waals surface area contributed by atoms with Gasteiger partial charge >= 0.3 is 0 Å². The molecule has 14 heavy (non-hydrogen) atoms. The fourth-order valence-electron chi connectivity index (χ4n) is 3.04. The Balaban J connectivity index is 2.12. The summed E-state index contributed by atoms with van der Waals surface area (Å²) in [6.45, 7) is 0. The number of rotatable bonds is 3. The predicted molar refractivity (Wildman–Crippen MR) is 51.6 cm³/mol. The topological polar surface area (TPSA) is 46.5 Å². The second kappa shape index (κ2) is 3.31. The lowest BCUT2D eigenvalue weighted by molar-refractivity contribution is -0.199. The lowest BCUT2D eigenvalue weighted by Gasteiger charge is -2.52. The molecule has 0 aromatic heterocycles. The maximum Gasteiger partial charge on any atom is 0.159 e. The van der Waals surface area contributed by atoms with Gasteiger partial charge in [0.1, 0.15) is 6.29 Å². The van der Waals surface area contributed by atoms with Crippen molar-refractivity contribution in [1.29, 1.82) is 0 Å². The first-order valence-corrected chi connectivity index (χ1v) is 5.34. The van der Waals surface area contributed by atoms with E-state index in [9.17, 15) is 9.90 Å². The standard InChI is InChI=1S/C11H18O3/c1-14-9(13)11-5-2-10(8-12,3-6-11)4-7-11/h8-9,13H,2-7H2,1H3. The van der Waals surface area contributed by atoms with Crippen LogP contribution in [0.25, 0.3) is 0 Å². The Morgan fingerprint density at radius 2 is 1.71 bits per heavy atom. The molecule has 0 aromatic rings. The molecule has 0 spiro atoms. The molecule has 0 aromatic carbocycles. The van der Waals surface area contributed by atoms with Crippen molar-refractivity contribution in [2.75, 3.05) is 7.11 Å². The van der Waals surface area contributed by atoms with E-state index in [0.717, 1.165) is 44.8 Å². The van der Waals surface area contributed by atoms with Gasteiger partial charge in [-0.2, -0.15) is 0 Å². The van der Waals surface area contributed by atoms with Gasteiger partial charge in [0, 0.05) is 17.9 Å². The molecule has 0 radical (unpaired) electrons. The lowest BCUT2D eigenvalue weighted by Crippen LogP contribution is -2.48. The largest absolute Gasteiger partial charge is 0.367 e. The maximum absolute atomic E-state index is 11.0. The van der Waals surface area contributed by atoms with Crippen molar-refractivity contribution in [3.63, 3.8) is 0 Å². The van der Waals surface area contributed by atoms with E-state index < -0.39 is 6.29 Å². The molecule has 3 aliphatic carbocycles. The van der Waals surface area contributed by atoms with Crippen LogP contribution in [0.15, 0.2) is 0 Å². The minimum Gasteiger partial charge on any atom is -0.367 e. The summed E-state index contributed by atoms with van der Waals surface area (Å²) >= 11 is 0. The number of fused-ring (bicyclic) bond motifs is 3. The molecular formula is C11H18O3. The summed E-state index contributed by atoms with van der Waals surface area (Å²) in [5, 5.41) is 9.80. The molecule has 3 rings (SSSR count). The van der Waals surface area contributed by atoms with Crippen LogP contribution >= 0.6 is 0 Å². The van der Waals surface area contributed by atoms with Gasteiger partial charge in [-0.05, 0) is 38.5 Å². The highest BCUT2D eigenvalue weighted by molar-refractivity contribution is 5.60. The van der Waals surface area contributed by atoms with Crippen molar-refractivity contribution >= 4 is 6.29 Å². The van der Waals surface area contributed by atoms with Crippen LogP contribution in [0.2, 0.25) is 0 Å². The van der Waals surface area contributed by atoms with Crippen LogP contribution < -0.4 is 0 Å². The molecule has 0 aliphatic heterocycles. The van der Waals surface area contributed by atoms with Gasteiger partial charge in [0.15, 0.2) is 6.29 Å². The molecule has 3 nitrogen and oxygen atoms in total. The van der Waals surface area contributed by atoms with Gasteiger partial charge in [0.25, 0.3) is 0 Å². The van der Waals surface area contributed by atoms with Crippen molar-refractivity contribution < 1.29 is 14.6 Å². The van der Waals surface area contributed by atoms with Crippen molar-refractivity contribution in [2.45, 2.75) is 44.8 Å². The molecule has 3 saturated carbocycles. The molecule has 3 fully saturated rings. The molecule has 80 valence electrons. The average Bonchev–Trinajstić information content (AvgIpc) is 2.30.